The summed E-state index contributed by atoms with van der Waals surface area (Å²) in [6.07, 6.45) is 0.264. The number of ether oxygens (including phenoxy) is 1. The maximum atomic E-state index is 15.4. The molecule has 0 radical (unpaired) electrons. The minimum atomic E-state index is -3.25. The van der Waals surface area contributed by atoms with Gasteiger partial charge in [0.1, 0.15) is 17.4 Å². The lowest BCUT2D eigenvalue weighted by atomic mass is 9.70. The molecular formula is C42H47N6O6PS2Si. The minimum absolute atomic E-state index is 0.0767. The topological polar surface area (TPSA) is 143 Å². The van der Waals surface area contributed by atoms with E-state index in [0.29, 0.717) is 22.2 Å². The molecule has 1 aliphatic heterocycles. The molecule has 1 aromatic heterocycles. The number of tetrazole rings is 1. The summed E-state index contributed by atoms with van der Waals surface area (Å²) in [6.45, 7) is 7.50. The molecule has 4 aromatic carbocycles. The third-order valence-corrected chi connectivity index (χ3v) is 16.9. The minimum Gasteiger partial charge on any atom is -0.456 e. The van der Waals surface area contributed by atoms with E-state index in [1.165, 1.54) is 23.9 Å². The summed E-state index contributed by atoms with van der Waals surface area (Å²) in [4.78, 5) is 43.4. The van der Waals surface area contributed by atoms with Crippen molar-refractivity contribution in [1.82, 2.24) is 25.1 Å². The molecule has 302 valence electrons. The van der Waals surface area contributed by atoms with Crippen LogP contribution >= 0.6 is 30.9 Å². The van der Waals surface area contributed by atoms with E-state index in [0.717, 1.165) is 15.9 Å². The third kappa shape index (κ3) is 9.08. The lowest BCUT2D eigenvalue weighted by molar-refractivity contribution is -0.384. The lowest BCUT2D eigenvalue weighted by Gasteiger charge is -2.54. The molecule has 6 rings (SSSR count). The van der Waals surface area contributed by atoms with E-state index in [4.69, 9.17) is 21.4 Å². The fourth-order valence-corrected chi connectivity index (χ4v) is 13.9. The largest absolute Gasteiger partial charge is 0.456 e. The zero-order valence-corrected chi connectivity index (χ0v) is 37.0. The number of nitro groups is 1. The zero-order valence-electron chi connectivity index (χ0n) is 33.3. The molecule has 5 aromatic rings. The van der Waals surface area contributed by atoms with Crippen LogP contribution in [0.15, 0.2) is 115 Å². The number of carbonyl (C=O) groups excluding carboxylic acids is 2. The van der Waals surface area contributed by atoms with Crippen LogP contribution in [0.2, 0.25) is 13.1 Å². The van der Waals surface area contributed by atoms with E-state index in [1.807, 2.05) is 91.0 Å². The fraction of sp³-hybridized carbons (Fsp3) is 0.310. The molecule has 0 bridgehead atoms. The highest BCUT2D eigenvalue weighted by atomic mass is 32.2. The van der Waals surface area contributed by atoms with Crippen LogP contribution in [0.4, 0.5) is 5.69 Å². The average Bonchev–Trinajstić information content (AvgIpc) is 3.62. The number of β-lactam (4-membered cyclic amide) rings is 1. The van der Waals surface area contributed by atoms with Crippen molar-refractivity contribution in [2.24, 2.45) is 24.3 Å². The van der Waals surface area contributed by atoms with Crippen LogP contribution < -0.4 is 15.9 Å². The molecule has 3 atom stereocenters. The standard InChI is InChI=1S/C42H47N6O6PS2Si/c1-42(2,3)34(28-54-58(5)6)37-38(49)47(40(37)57-36(56)26-35-43-44-45-46(35)4)39(41(50)53-27-29-22-24-30(25-23-29)48(51)52)55(31-16-10-7-11-17-31,32-18-12-8-13-19-32)33-20-14-9-15-21-33/h7-25,34,37,40,58H,26-28H2,1-6H3/t34-,37+,40+/m0/s1. The summed E-state index contributed by atoms with van der Waals surface area (Å²) >= 11 is 7.43. The highest BCUT2D eigenvalue weighted by Gasteiger charge is 2.58. The molecule has 1 amide bonds. The van der Waals surface area contributed by atoms with Gasteiger partial charge in [0.2, 0.25) is 5.91 Å². The number of aryl methyl sites for hydroxylation is 1. The zero-order chi connectivity index (χ0) is 41.6. The summed E-state index contributed by atoms with van der Waals surface area (Å²) in [5.41, 5.74) is 0.338. The number of hydrogen-bond donors (Lipinski definition) is 0. The van der Waals surface area contributed by atoms with Crippen molar-refractivity contribution in [2.45, 2.75) is 52.3 Å². The number of carbonyl (C=O) groups is 2. The van der Waals surface area contributed by atoms with Gasteiger partial charge in [-0.3, -0.25) is 19.8 Å². The summed E-state index contributed by atoms with van der Waals surface area (Å²) in [5.74, 6) is -1.13. The Morgan fingerprint density at radius 1 is 0.931 bits per heavy atom. The summed E-state index contributed by atoms with van der Waals surface area (Å²) in [6, 6.07) is 35.3. The summed E-state index contributed by atoms with van der Waals surface area (Å²) in [5, 5.41) is 25.3. The SMILES string of the molecule is Cn1nnnc1CC(=S)S[C@@H]1[C@H]([C@H](CO[SiH](C)C)C(C)(C)C)C(=O)N1C(C(=O)OCc1ccc([N+](=O)[O-])cc1)=P(c1ccccc1)(c1ccccc1)c1ccccc1. The van der Waals surface area contributed by atoms with Crippen LogP contribution in [0, 0.1) is 27.4 Å². The average molecular weight is 855 g/mol. The Kier molecular flexibility index (Phi) is 13.6. The van der Waals surface area contributed by atoms with Crippen molar-refractivity contribution in [1.29, 1.82) is 0 Å². The number of aromatic nitrogens is 4. The predicted molar refractivity (Wildman–Crippen MR) is 238 cm³/mol. The normalized spacial score (nSPS) is 16.1. The van der Waals surface area contributed by atoms with Crippen molar-refractivity contribution in [2.75, 3.05) is 6.61 Å². The van der Waals surface area contributed by atoms with Gasteiger partial charge in [-0.1, -0.05) is 136 Å². The Hall–Kier alpha value is -4.79. The molecule has 0 aliphatic carbocycles. The lowest BCUT2D eigenvalue weighted by Crippen LogP contribution is -2.68. The van der Waals surface area contributed by atoms with E-state index in [9.17, 15) is 10.1 Å². The Balaban J connectivity index is 1.62. The van der Waals surface area contributed by atoms with E-state index < -0.39 is 38.1 Å². The number of benzene rings is 4. The van der Waals surface area contributed by atoms with E-state index >= 15 is 9.59 Å². The van der Waals surface area contributed by atoms with Crippen LogP contribution in [0.25, 0.3) is 0 Å². The summed E-state index contributed by atoms with van der Waals surface area (Å²) in [7, 11) is 0.263. The molecule has 16 heteroatoms. The van der Waals surface area contributed by atoms with Crippen molar-refractivity contribution in [3.05, 3.63) is 137 Å². The first-order valence-corrected chi connectivity index (χ1v) is 24.8. The highest BCUT2D eigenvalue weighted by molar-refractivity contribution is 8.23. The van der Waals surface area contributed by atoms with Gasteiger partial charge in [0.25, 0.3) is 5.69 Å². The van der Waals surface area contributed by atoms with Gasteiger partial charge in [-0.15, -0.1) is 5.10 Å². The van der Waals surface area contributed by atoms with Crippen molar-refractivity contribution >= 4 is 83.0 Å². The number of nitro benzene ring substituents is 1. The third-order valence-electron chi connectivity index (χ3n) is 10.2. The highest BCUT2D eigenvalue weighted by Crippen LogP contribution is 2.53. The van der Waals surface area contributed by atoms with Gasteiger partial charge in [-0.2, -0.15) is 0 Å². The van der Waals surface area contributed by atoms with Gasteiger partial charge >= 0.3 is 5.97 Å². The monoisotopic (exact) mass is 854 g/mol. The van der Waals surface area contributed by atoms with Crippen molar-refractivity contribution < 1.29 is 23.7 Å². The molecule has 12 nitrogen and oxygen atoms in total. The molecule has 0 spiro atoms. The number of esters is 1. The van der Waals surface area contributed by atoms with Gasteiger partial charge in [-0.05, 0) is 62.5 Å². The predicted octanol–water partition coefficient (Wildman–Crippen LogP) is 6.04. The van der Waals surface area contributed by atoms with E-state index in [2.05, 4.69) is 49.4 Å². The first kappa shape index (κ1) is 42.8. The quantitative estimate of drug-likeness (QED) is 0.0232. The number of likely N-dealkylation sites (tertiary alicyclic amines) is 1. The number of nitrogens with zero attached hydrogens (tertiary/aromatic N) is 6. The number of thioether (sulfide) groups is 1. The van der Waals surface area contributed by atoms with E-state index in [-0.39, 0.29) is 41.4 Å². The van der Waals surface area contributed by atoms with Gasteiger partial charge in [0, 0.05) is 38.6 Å². The second-order valence-electron chi connectivity index (χ2n) is 15.4. The Morgan fingerprint density at radius 3 is 1.91 bits per heavy atom. The fourth-order valence-electron chi connectivity index (χ4n) is 7.19. The number of thiocarbonyl (C=S) groups is 1. The van der Waals surface area contributed by atoms with Crippen LogP contribution in [0.1, 0.15) is 32.2 Å². The second-order valence-corrected chi connectivity index (χ2v) is 23.1. The van der Waals surface area contributed by atoms with Crippen LogP contribution in [-0.4, -0.2) is 72.5 Å². The van der Waals surface area contributed by atoms with Crippen LogP contribution in [0.5, 0.6) is 0 Å². The first-order chi connectivity index (χ1) is 27.7. The molecule has 1 aliphatic rings. The van der Waals surface area contributed by atoms with Gasteiger partial charge in [0.05, 0.1) is 21.5 Å². The Bertz CT molecular complexity index is 2200. The molecule has 1 saturated heterocycles. The van der Waals surface area contributed by atoms with Gasteiger partial charge in [-0.25, -0.2) is 9.48 Å². The van der Waals surface area contributed by atoms with Crippen molar-refractivity contribution in [3.63, 3.8) is 0 Å². The van der Waals surface area contributed by atoms with Crippen LogP contribution in [-0.2, 0) is 38.8 Å². The molecule has 1 fully saturated rings. The van der Waals surface area contributed by atoms with E-state index in [1.54, 1.807) is 28.8 Å². The van der Waals surface area contributed by atoms with Crippen molar-refractivity contribution in [3.8, 4) is 0 Å². The van der Waals surface area contributed by atoms with Gasteiger partial charge < -0.3 is 9.16 Å². The second kappa shape index (κ2) is 18.4. The number of hydrogen-bond acceptors (Lipinski definition) is 11. The molecule has 0 N–H and O–H groups in total. The number of non-ortho nitro benzene ring substituents is 1. The Labute approximate surface area is 350 Å². The maximum Gasteiger partial charge on any atom is 0.356 e. The molecule has 58 heavy (non-hydrogen) atoms. The van der Waals surface area contributed by atoms with Crippen LogP contribution in [0.3, 0.4) is 0 Å². The smallest absolute Gasteiger partial charge is 0.356 e. The number of amides is 1. The first-order valence-electron chi connectivity index (χ1n) is 18.9. The summed E-state index contributed by atoms with van der Waals surface area (Å²) < 4.78 is 14.8. The molecule has 2 heterocycles. The van der Waals surface area contributed by atoms with Gasteiger partial charge in [0.15, 0.2) is 14.9 Å². The maximum absolute atomic E-state index is 15.4. The molecular weight excluding hydrogens is 808 g/mol. The molecule has 0 unspecified atom stereocenters. The Morgan fingerprint density at radius 2 is 1.47 bits per heavy atom. The molecule has 0 saturated carbocycles. The number of rotatable bonds is 15.